The van der Waals surface area contributed by atoms with E-state index in [1.165, 1.54) is 21.3 Å². The van der Waals surface area contributed by atoms with E-state index < -0.39 is 79.3 Å². The maximum atomic E-state index is 13.2. The Balaban J connectivity index is 6.09. The highest BCUT2D eigenvalue weighted by molar-refractivity contribution is 6.58. The Morgan fingerprint density at radius 1 is 0.426 bits per heavy atom. The lowest BCUT2D eigenvalue weighted by Gasteiger charge is -2.30. The van der Waals surface area contributed by atoms with Gasteiger partial charge in [-0.05, 0) is 19.3 Å². The molecule has 0 aliphatic rings. The SMILES string of the molecule is C=CC(=O)OC(OC)(OC)C(=COC)C(=O)OCCC[SiH](CCCOC(=O)C(=COC)C(OC)(OC)OC(=O)C=C)CCCOC(=O)C(=COC)C(OC)(OC)OC(=O)C=C. The number of esters is 6. The van der Waals surface area contributed by atoms with Gasteiger partial charge in [0.2, 0.25) is 0 Å². The van der Waals surface area contributed by atoms with Crippen molar-refractivity contribution in [2.24, 2.45) is 0 Å². The molecule has 0 atom stereocenters. The Bertz CT molecular complexity index is 1370. The Morgan fingerprint density at radius 3 is 0.836 bits per heavy atom. The highest BCUT2D eigenvalue weighted by Crippen LogP contribution is 2.29. The van der Waals surface area contributed by atoms with Crippen LogP contribution >= 0.6 is 0 Å². The fraction of sp³-hybridized carbons (Fsp3) is 0.538. The van der Waals surface area contributed by atoms with Crippen molar-refractivity contribution >= 4 is 44.6 Å². The van der Waals surface area contributed by atoms with E-state index >= 15 is 0 Å². The molecule has 0 spiro atoms. The van der Waals surface area contributed by atoms with Crippen LogP contribution in [0.25, 0.3) is 0 Å². The summed E-state index contributed by atoms with van der Waals surface area (Å²) in [5, 5.41) is 0. The van der Waals surface area contributed by atoms with Crippen molar-refractivity contribution in [3.05, 3.63) is 73.5 Å². The monoisotopic (exact) mass is 890 g/mol. The van der Waals surface area contributed by atoms with Gasteiger partial charge in [-0.15, -0.1) is 0 Å². The molecule has 0 aromatic rings. The van der Waals surface area contributed by atoms with Gasteiger partial charge in [0, 0.05) is 69.7 Å². The molecule has 0 radical (unpaired) electrons. The molecule has 0 bridgehead atoms. The predicted molar refractivity (Wildman–Crippen MR) is 213 cm³/mol. The molecule has 0 rings (SSSR count). The summed E-state index contributed by atoms with van der Waals surface area (Å²) >= 11 is 0. The second-order valence-corrected chi connectivity index (χ2v) is 15.2. The normalized spacial score (nSPS) is 12.8. The lowest BCUT2D eigenvalue weighted by molar-refractivity contribution is -0.319. The molecule has 0 aromatic carbocycles. The van der Waals surface area contributed by atoms with Crippen LogP contribution < -0.4 is 0 Å². The largest absolute Gasteiger partial charge is 0.503 e. The Labute approximate surface area is 356 Å². The van der Waals surface area contributed by atoms with E-state index in [-0.39, 0.29) is 19.8 Å². The third-order valence-electron chi connectivity index (χ3n) is 8.14. The lowest BCUT2D eigenvalue weighted by Crippen LogP contribution is -2.44. The van der Waals surface area contributed by atoms with Crippen molar-refractivity contribution in [3.8, 4) is 0 Å². The molecular formula is C39H58O21Si. The van der Waals surface area contributed by atoms with Crippen molar-refractivity contribution in [1.29, 1.82) is 0 Å². The summed E-state index contributed by atoms with van der Waals surface area (Å²) in [5.41, 5.74) is -1.23. The number of rotatable bonds is 33. The summed E-state index contributed by atoms with van der Waals surface area (Å²) in [6.45, 7) is 9.70. The summed E-state index contributed by atoms with van der Waals surface area (Å²) in [6.07, 6.45) is 6.48. The Morgan fingerprint density at radius 2 is 0.656 bits per heavy atom. The maximum Gasteiger partial charge on any atom is 0.368 e. The molecule has 0 saturated carbocycles. The molecule has 0 aliphatic heterocycles. The van der Waals surface area contributed by atoms with Gasteiger partial charge in [-0.25, -0.2) is 28.8 Å². The number of ether oxygens (including phenoxy) is 15. The zero-order valence-electron chi connectivity index (χ0n) is 36.1. The van der Waals surface area contributed by atoms with Crippen molar-refractivity contribution in [2.45, 2.75) is 55.3 Å². The van der Waals surface area contributed by atoms with Gasteiger partial charge in [0.05, 0.1) is 41.2 Å². The third kappa shape index (κ3) is 17.3. The van der Waals surface area contributed by atoms with Crippen LogP contribution in [0.5, 0.6) is 0 Å². The van der Waals surface area contributed by atoms with Gasteiger partial charge < -0.3 is 71.1 Å². The van der Waals surface area contributed by atoms with Crippen molar-refractivity contribution < 1.29 is 99.8 Å². The number of carbonyl (C=O) groups excluding carboxylic acids is 6. The Kier molecular flexibility index (Phi) is 27.2. The maximum absolute atomic E-state index is 13.2. The first kappa shape index (κ1) is 55.6. The molecule has 0 aromatic heterocycles. The minimum Gasteiger partial charge on any atom is -0.503 e. The van der Waals surface area contributed by atoms with E-state index in [0.29, 0.717) is 37.4 Å². The zero-order valence-corrected chi connectivity index (χ0v) is 37.3. The van der Waals surface area contributed by atoms with Gasteiger partial charge in [-0.1, -0.05) is 37.9 Å². The topological polar surface area (TPSA) is 241 Å². The summed E-state index contributed by atoms with van der Waals surface area (Å²) < 4.78 is 78.2. The van der Waals surface area contributed by atoms with Crippen LogP contribution in [0.4, 0.5) is 0 Å². The van der Waals surface area contributed by atoms with Crippen LogP contribution in [0.3, 0.4) is 0 Å². The first-order chi connectivity index (χ1) is 29.1. The smallest absolute Gasteiger partial charge is 0.368 e. The minimum atomic E-state index is -2.31. The molecule has 22 heteroatoms. The van der Waals surface area contributed by atoms with E-state index in [1.807, 2.05) is 0 Å². The van der Waals surface area contributed by atoms with E-state index in [9.17, 15) is 28.8 Å². The van der Waals surface area contributed by atoms with Gasteiger partial charge in [0.1, 0.15) is 18.8 Å². The minimum absolute atomic E-state index is 0.0955. The summed E-state index contributed by atoms with van der Waals surface area (Å²) in [7, 11) is 8.74. The number of hydrogen-bond donors (Lipinski definition) is 0. The summed E-state index contributed by atoms with van der Waals surface area (Å²) in [6, 6.07) is 1.74. The molecule has 0 heterocycles. The van der Waals surface area contributed by atoms with E-state index in [2.05, 4.69) is 19.7 Å². The fourth-order valence-electron chi connectivity index (χ4n) is 5.21. The van der Waals surface area contributed by atoms with Gasteiger partial charge in [0.25, 0.3) is 0 Å². The quantitative estimate of drug-likeness (QED) is 0.0175. The average molecular weight is 891 g/mol. The zero-order chi connectivity index (χ0) is 46.5. The molecule has 0 unspecified atom stereocenters. The van der Waals surface area contributed by atoms with Crippen LogP contribution in [0.2, 0.25) is 18.1 Å². The molecule has 0 N–H and O–H groups in total. The van der Waals surface area contributed by atoms with Gasteiger partial charge in [-0.2, -0.15) is 0 Å². The molecule has 0 amide bonds. The molecular weight excluding hydrogens is 832 g/mol. The number of carbonyl (C=O) groups is 6. The fourth-order valence-corrected chi connectivity index (χ4v) is 8.31. The average Bonchev–Trinajstić information content (AvgIpc) is 3.27. The third-order valence-corrected chi connectivity index (χ3v) is 11.8. The molecule has 21 nitrogen and oxygen atoms in total. The molecule has 0 saturated heterocycles. The van der Waals surface area contributed by atoms with Crippen LogP contribution in [-0.2, 0) is 99.8 Å². The van der Waals surface area contributed by atoms with E-state index in [4.69, 9.17) is 71.1 Å². The highest BCUT2D eigenvalue weighted by Gasteiger charge is 2.47. The molecule has 61 heavy (non-hydrogen) atoms. The number of hydrogen-bond acceptors (Lipinski definition) is 21. The highest BCUT2D eigenvalue weighted by atomic mass is 28.3. The molecule has 0 fully saturated rings. The van der Waals surface area contributed by atoms with Gasteiger partial charge >= 0.3 is 53.7 Å². The van der Waals surface area contributed by atoms with E-state index in [0.717, 1.165) is 79.7 Å². The second kappa shape index (κ2) is 29.8. The van der Waals surface area contributed by atoms with Crippen molar-refractivity contribution in [1.82, 2.24) is 0 Å². The van der Waals surface area contributed by atoms with Crippen molar-refractivity contribution in [2.75, 3.05) is 83.8 Å². The van der Waals surface area contributed by atoms with Crippen LogP contribution in [-0.4, -0.2) is 146 Å². The first-order valence-electron chi connectivity index (χ1n) is 18.2. The van der Waals surface area contributed by atoms with Gasteiger partial charge in [0.15, 0.2) is 16.7 Å². The van der Waals surface area contributed by atoms with Crippen LogP contribution in [0.15, 0.2) is 73.5 Å². The summed E-state index contributed by atoms with van der Waals surface area (Å²) in [4.78, 5) is 75.6. The van der Waals surface area contributed by atoms with Gasteiger partial charge in [-0.3, -0.25) is 0 Å². The standard InChI is InChI=1S/C39H58O21Si/c1-13-31(40)58-37(49-7,50-8)28(25-46-4)34(43)55-19-16-22-61(23-17-20-56-35(44)29(26-47-5)38(51-9,52-10)59-32(41)14-2)24-18-21-57-36(45)30(27-48-6)39(53-11,54-12)60-33(42)15-3/h13-15,25-27,61H,1-3,16-24H2,4-12H3. The van der Waals surface area contributed by atoms with Crippen LogP contribution in [0.1, 0.15) is 19.3 Å². The molecule has 344 valence electrons. The first-order valence-corrected chi connectivity index (χ1v) is 20.7. The second-order valence-electron chi connectivity index (χ2n) is 11.8. The van der Waals surface area contributed by atoms with Crippen molar-refractivity contribution in [3.63, 3.8) is 0 Å². The predicted octanol–water partition coefficient (Wildman–Crippen LogP) is 2.63. The Hall–Kier alpha value is -5.36. The van der Waals surface area contributed by atoms with E-state index in [1.54, 1.807) is 0 Å². The molecule has 0 aliphatic carbocycles. The van der Waals surface area contributed by atoms with Crippen LogP contribution in [0, 0.1) is 0 Å². The number of methoxy groups -OCH3 is 9. The lowest BCUT2D eigenvalue weighted by atomic mass is 10.2. The summed E-state index contributed by atoms with van der Waals surface area (Å²) in [5.74, 6) is -12.7.